The Bertz CT molecular complexity index is 656. The molecule has 124 valence electrons. The fourth-order valence-corrected chi connectivity index (χ4v) is 2.90. The number of phenolic OH excluding ortho intramolecular Hbond substituents is 1. The molecule has 0 heterocycles. The van der Waals surface area contributed by atoms with Crippen LogP contribution in [0.5, 0.6) is 5.75 Å². The third-order valence-corrected chi connectivity index (χ3v) is 4.05. The lowest BCUT2D eigenvalue weighted by Crippen LogP contribution is -2.29. The highest BCUT2D eigenvalue weighted by Gasteiger charge is 2.34. The molecule has 1 aromatic rings. The molecule has 2 N–H and O–H groups in total. The standard InChI is InChI=1S/C19H25NO3/c1-4-5-8-14(20-13-9-6-7-10-15(13)21)18-16(22)11-19(2,3)12-17(18)23/h6-7,9-10,21-22H,4-5,8,11-12H2,1-3H3. The smallest absolute Gasteiger partial charge is 0.168 e. The second kappa shape index (κ2) is 6.99. The van der Waals surface area contributed by atoms with Crippen molar-refractivity contribution in [3.63, 3.8) is 0 Å². The van der Waals surface area contributed by atoms with Gasteiger partial charge in [-0.2, -0.15) is 0 Å². The van der Waals surface area contributed by atoms with Gasteiger partial charge in [-0.15, -0.1) is 0 Å². The number of hydrogen-bond acceptors (Lipinski definition) is 4. The molecule has 4 nitrogen and oxygen atoms in total. The first kappa shape index (κ1) is 17.3. The van der Waals surface area contributed by atoms with E-state index in [1.54, 1.807) is 24.3 Å². The molecule has 0 aliphatic heterocycles. The average Bonchev–Trinajstić information content (AvgIpc) is 2.44. The molecule has 0 unspecified atom stereocenters. The number of benzene rings is 1. The molecule has 0 saturated carbocycles. The van der Waals surface area contributed by atoms with Crippen LogP contribution >= 0.6 is 0 Å². The van der Waals surface area contributed by atoms with Crippen LogP contribution in [0.4, 0.5) is 5.69 Å². The van der Waals surface area contributed by atoms with E-state index in [0.29, 0.717) is 36.2 Å². The number of phenols is 1. The third kappa shape index (κ3) is 4.21. The Hall–Kier alpha value is -2.10. The number of aliphatic imine (C=N–C) groups is 1. The van der Waals surface area contributed by atoms with E-state index in [1.807, 2.05) is 13.8 Å². The number of ketones is 1. The van der Waals surface area contributed by atoms with Crippen LogP contribution in [0.2, 0.25) is 0 Å². The molecule has 0 amide bonds. The van der Waals surface area contributed by atoms with Gasteiger partial charge in [0.2, 0.25) is 0 Å². The van der Waals surface area contributed by atoms with Gasteiger partial charge in [0.25, 0.3) is 0 Å². The number of hydrogen-bond donors (Lipinski definition) is 2. The summed E-state index contributed by atoms with van der Waals surface area (Å²) in [4.78, 5) is 17.0. The predicted octanol–water partition coefficient (Wildman–Crippen LogP) is 4.86. The van der Waals surface area contributed by atoms with E-state index in [9.17, 15) is 15.0 Å². The van der Waals surface area contributed by atoms with E-state index in [1.165, 1.54) is 0 Å². The molecule has 0 aromatic heterocycles. The molecule has 4 heteroatoms. The molecule has 1 aliphatic rings. The highest BCUT2D eigenvalue weighted by atomic mass is 16.3. The lowest BCUT2D eigenvalue weighted by molar-refractivity contribution is -0.117. The summed E-state index contributed by atoms with van der Waals surface area (Å²) < 4.78 is 0. The molecule has 0 spiro atoms. The van der Waals surface area contributed by atoms with Gasteiger partial charge in [-0.3, -0.25) is 4.79 Å². The molecular formula is C19H25NO3. The van der Waals surface area contributed by atoms with Crippen molar-refractivity contribution >= 4 is 17.2 Å². The van der Waals surface area contributed by atoms with Crippen molar-refractivity contribution in [2.75, 3.05) is 0 Å². The summed E-state index contributed by atoms with van der Waals surface area (Å²) in [6, 6.07) is 6.79. The summed E-state index contributed by atoms with van der Waals surface area (Å²) in [7, 11) is 0. The fourth-order valence-electron chi connectivity index (χ4n) is 2.90. The van der Waals surface area contributed by atoms with Gasteiger partial charge in [0, 0.05) is 12.8 Å². The normalized spacial score (nSPS) is 18.4. The first-order chi connectivity index (χ1) is 10.8. The number of carbonyl (C=O) groups excluding carboxylic acids is 1. The molecule has 0 radical (unpaired) electrons. The minimum absolute atomic E-state index is 0.0657. The van der Waals surface area contributed by atoms with Gasteiger partial charge < -0.3 is 10.2 Å². The maximum atomic E-state index is 12.5. The Kier molecular flexibility index (Phi) is 5.24. The highest BCUT2D eigenvalue weighted by Crippen LogP contribution is 2.37. The maximum Gasteiger partial charge on any atom is 0.168 e. The van der Waals surface area contributed by atoms with E-state index >= 15 is 0 Å². The Labute approximate surface area is 137 Å². The van der Waals surface area contributed by atoms with Crippen LogP contribution in [0.3, 0.4) is 0 Å². The summed E-state index contributed by atoms with van der Waals surface area (Å²) in [5.74, 6) is 0.130. The summed E-state index contributed by atoms with van der Waals surface area (Å²) in [5, 5.41) is 20.3. The molecule has 0 saturated heterocycles. The Morgan fingerprint density at radius 3 is 2.52 bits per heavy atom. The number of para-hydroxylation sites is 2. The van der Waals surface area contributed by atoms with Crippen LogP contribution in [0, 0.1) is 5.41 Å². The van der Waals surface area contributed by atoms with Crippen LogP contribution in [0.25, 0.3) is 0 Å². The van der Waals surface area contributed by atoms with Crippen molar-refractivity contribution in [1.29, 1.82) is 0 Å². The van der Waals surface area contributed by atoms with E-state index in [0.717, 1.165) is 12.8 Å². The van der Waals surface area contributed by atoms with Gasteiger partial charge in [0.05, 0.1) is 11.3 Å². The van der Waals surface area contributed by atoms with Crippen LogP contribution in [-0.4, -0.2) is 21.7 Å². The van der Waals surface area contributed by atoms with Crippen molar-refractivity contribution < 1.29 is 15.0 Å². The van der Waals surface area contributed by atoms with E-state index in [2.05, 4.69) is 11.9 Å². The van der Waals surface area contributed by atoms with Gasteiger partial charge in [0.15, 0.2) is 5.78 Å². The van der Waals surface area contributed by atoms with Crippen LogP contribution in [0.15, 0.2) is 40.6 Å². The molecule has 0 atom stereocenters. The zero-order chi connectivity index (χ0) is 17.0. The summed E-state index contributed by atoms with van der Waals surface area (Å²) >= 11 is 0. The van der Waals surface area contributed by atoms with Gasteiger partial charge in [-0.25, -0.2) is 4.99 Å². The second-order valence-corrected chi connectivity index (χ2v) is 6.91. The number of allylic oxidation sites excluding steroid dienone is 2. The molecule has 1 aliphatic carbocycles. The molecule has 0 bridgehead atoms. The maximum absolute atomic E-state index is 12.5. The number of aliphatic hydroxyl groups is 1. The van der Waals surface area contributed by atoms with Gasteiger partial charge in [-0.1, -0.05) is 39.3 Å². The monoisotopic (exact) mass is 315 g/mol. The number of Topliss-reactive ketones (excluding diaryl/α,β-unsaturated/α-hetero) is 1. The highest BCUT2D eigenvalue weighted by molar-refractivity contribution is 6.23. The van der Waals surface area contributed by atoms with Gasteiger partial charge >= 0.3 is 0 Å². The Morgan fingerprint density at radius 2 is 1.91 bits per heavy atom. The van der Waals surface area contributed by atoms with E-state index < -0.39 is 0 Å². The minimum Gasteiger partial charge on any atom is -0.511 e. The van der Waals surface area contributed by atoms with Crippen LogP contribution in [0.1, 0.15) is 52.9 Å². The average molecular weight is 315 g/mol. The SMILES string of the molecule is CCCCC(=Nc1ccccc1O)C1=C(O)CC(C)(C)CC1=O. The quantitative estimate of drug-likeness (QED) is 0.763. The Morgan fingerprint density at radius 1 is 1.22 bits per heavy atom. The predicted molar refractivity (Wildman–Crippen MR) is 92.4 cm³/mol. The fraction of sp³-hybridized carbons (Fsp3) is 0.474. The first-order valence-corrected chi connectivity index (χ1v) is 8.15. The molecule has 0 fully saturated rings. The zero-order valence-electron chi connectivity index (χ0n) is 14.1. The van der Waals surface area contributed by atoms with Crippen LogP contribution in [-0.2, 0) is 4.79 Å². The second-order valence-electron chi connectivity index (χ2n) is 6.91. The number of rotatable bonds is 5. The lowest BCUT2D eigenvalue weighted by Gasteiger charge is -2.30. The van der Waals surface area contributed by atoms with Crippen molar-refractivity contribution in [3.05, 3.63) is 35.6 Å². The molecular weight excluding hydrogens is 290 g/mol. The number of carbonyl (C=O) groups is 1. The first-order valence-electron chi connectivity index (χ1n) is 8.15. The Balaban J connectivity index is 2.47. The third-order valence-electron chi connectivity index (χ3n) is 4.05. The zero-order valence-corrected chi connectivity index (χ0v) is 14.1. The lowest BCUT2D eigenvalue weighted by atomic mass is 9.75. The summed E-state index contributed by atoms with van der Waals surface area (Å²) in [6.07, 6.45) is 3.32. The number of aliphatic hydroxyl groups excluding tert-OH is 1. The molecule has 1 aromatic carbocycles. The number of aromatic hydroxyl groups is 1. The van der Waals surface area contributed by atoms with Crippen molar-refractivity contribution in [2.24, 2.45) is 10.4 Å². The van der Waals surface area contributed by atoms with Gasteiger partial charge in [0.1, 0.15) is 17.2 Å². The van der Waals surface area contributed by atoms with Gasteiger partial charge in [-0.05, 0) is 30.4 Å². The number of unbranched alkanes of at least 4 members (excludes halogenated alkanes) is 1. The summed E-state index contributed by atoms with van der Waals surface area (Å²) in [5.41, 5.74) is 1.12. The van der Waals surface area contributed by atoms with E-state index in [-0.39, 0.29) is 22.7 Å². The van der Waals surface area contributed by atoms with Crippen molar-refractivity contribution in [2.45, 2.75) is 52.9 Å². The van der Waals surface area contributed by atoms with E-state index in [4.69, 9.17) is 0 Å². The largest absolute Gasteiger partial charge is 0.511 e. The number of nitrogens with zero attached hydrogens (tertiary/aromatic N) is 1. The molecule has 2 rings (SSSR count). The topological polar surface area (TPSA) is 69.9 Å². The summed E-state index contributed by atoms with van der Waals surface area (Å²) in [6.45, 7) is 6.02. The van der Waals surface area contributed by atoms with Crippen molar-refractivity contribution in [3.8, 4) is 5.75 Å². The van der Waals surface area contributed by atoms with Crippen molar-refractivity contribution in [1.82, 2.24) is 0 Å². The van der Waals surface area contributed by atoms with Crippen LogP contribution < -0.4 is 0 Å². The molecule has 23 heavy (non-hydrogen) atoms. The minimum atomic E-state index is -0.227.